The molecular formula is C18H19N3O4. The fourth-order valence-corrected chi connectivity index (χ4v) is 2.63. The molecule has 1 aromatic heterocycles. The highest BCUT2D eigenvalue weighted by molar-refractivity contribution is 6.07. The molecule has 0 aliphatic carbocycles. The summed E-state index contributed by atoms with van der Waals surface area (Å²) < 4.78 is 10.1. The van der Waals surface area contributed by atoms with Crippen LogP contribution >= 0.6 is 0 Å². The normalized spacial score (nSPS) is 14.0. The molecule has 1 amide bonds. The van der Waals surface area contributed by atoms with Crippen LogP contribution in [-0.2, 0) is 9.47 Å². The van der Waals surface area contributed by atoms with Crippen LogP contribution in [0.15, 0.2) is 42.6 Å². The van der Waals surface area contributed by atoms with Crippen LogP contribution in [0.5, 0.6) is 0 Å². The van der Waals surface area contributed by atoms with Crippen molar-refractivity contribution in [1.29, 1.82) is 0 Å². The Kier molecular flexibility index (Phi) is 5.25. The Morgan fingerprint density at radius 2 is 1.96 bits per heavy atom. The fourth-order valence-electron chi connectivity index (χ4n) is 2.63. The summed E-state index contributed by atoms with van der Waals surface area (Å²) in [5.74, 6) is -0.891. The Morgan fingerprint density at radius 3 is 2.72 bits per heavy atom. The lowest BCUT2D eigenvalue weighted by atomic mass is 10.1. The molecule has 1 aliphatic heterocycles. The minimum atomic E-state index is -0.508. The Morgan fingerprint density at radius 1 is 1.20 bits per heavy atom. The van der Waals surface area contributed by atoms with Crippen LogP contribution in [0.4, 0.5) is 11.4 Å². The maximum Gasteiger partial charge on any atom is 0.339 e. The maximum absolute atomic E-state index is 12.5. The molecule has 0 atom stereocenters. The Bertz CT molecular complexity index is 772. The molecule has 1 fully saturated rings. The summed E-state index contributed by atoms with van der Waals surface area (Å²) in [6.45, 7) is 2.87. The summed E-state index contributed by atoms with van der Waals surface area (Å²) in [5.41, 5.74) is 1.88. The maximum atomic E-state index is 12.5. The van der Waals surface area contributed by atoms with Gasteiger partial charge in [0.1, 0.15) is 5.69 Å². The number of carbonyl (C=O) groups is 2. The first-order valence-corrected chi connectivity index (χ1v) is 7.96. The van der Waals surface area contributed by atoms with Crippen molar-refractivity contribution in [3.8, 4) is 0 Å². The number of hydrogen-bond acceptors (Lipinski definition) is 6. The zero-order chi connectivity index (χ0) is 17.6. The summed E-state index contributed by atoms with van der Waals surface area (Å²) >= 11 is 0. The molecule has 25 heavy (non-hydrogen) atoms. The second-order valence-electron chi connectivity index (χ2n) is 5.49. The third kappa shape index (κ3) is 3.95. The SMILES string of the molecule is COC(=O)c1ccccc1NC(=O)c1cc(N2CCOCC2)ccn1. The number of morpholine rings is 1. The number of anilines is 2. The van der Waals surface area contributed by atoms with E-state index in [1.54, 1.807) is 36.5 Å². The van der Waals surface area contributed by atoms with E-state index in [4.69, 9.17) is 9.47 Å². The molecule has 1 saturated heterocycles. The smallest absolute Gasteiger partial charge is 0.339 e. The molecule has 0 saturated carbocycles. The number of amides is 1. The quantitative estimate of drug-likeness (QED) is 0.856. The van der Waals surface area contributed by atoms with E-state index in [1.807, 2.05) is 6.07 Å². The van der Waals surface area contributed by atoms with Gasteiger partial charge in [-0.1, -0.05) is 12.1 Å². The average molecular weight is 341 g/mol. The first kappa shape index (κ1) is 16.9. The first-order valence-electron chi connectivity index (χ1n) is 7.96. The van der Waals surface area contributed by atoms with Gasteiger partial charge in [0.2, 0.25) is 0 Å². The molecular weight excluding hydrogens is 322 g/mol. The highest BCUT2D eigenvalue weighted by Gasteiger charge is 2.17. The Balaban J connectivity index is 1.79. The molecule has 0 spiro atoms. The molecule has 7 nitrogen and oxygen atoms in total. The van der Waals surface area contributed by atoms with E-state index in [2.05, 4.69) is 15.2 Å². The highest BCUT2D eigenvalue weighted by Crippen LogP contribution is 2.19. The van der Waals surface area contributed by atoms with Gasteiger partial charge in [-0.15, -0.1) is 0 Å². The number of nitrogens with zero attached hydrogens (tertiary/aromatic N) is 2. The van der Waals surface area contributed by atoms with E-state index in [1.165, 1.54) is 7.11 Å². The van der Waals surface area contributed by atoms with Gasteiger partial charge >= 0.3 is 5.97 Å². The van der Waals surface area contributed by atoms with Crippen molar-refractivity contribution < 1.29 is 19.1 Å². The number of esters is 1. The van der Waals surface area contributed by atoms with Gasteiger partial charge in [-0.2, -0.15) is 0 Å². The Labute approximate surface area is 145 Å². The molecule has 2 aromatic rings. The number of ether oxygens (including phenoxy) is 2. The molecule has 2 heterocycles. The fraction of sp³-hybridized carbons (Fsp3) is 0.278. The van der Waals surface area contributed by atoms with Crippen molar-refractivity contribution in [2.24, 2.45) is 0 Å². The Hall–Kier alpha value is -2.93. The van der Waals surface area contributed by atoms with Crippen LogP contribution in [0.3, 0.4) is 0 Å². The van der Waals surface area contributed by atoms with Gasteiger partial charge in [-0.3, -0.25) is 9.78 Å². The molecule has 0 unspecified atom stereocenters. The molecule has 0 radical (unpaired) electrons. The van der Waals surface area contributed by atoms with E-state index in [-0.39, 0.29) is 11.6 Å². The van der Waals surface area contributed by atoms with Crippen LogP contribution in [-0.4, -0.2) is 50.3 Å². The molecule has 1 aromatic carbocycles. The van der Waals surface area contributed by atoms with Gasteiger partial charge in [0.15, 0.2) is 0 Å². The minimum Gasteiger partial charge on any atom is -0.465 e. The second-order valence-corrected chi connectivity index (χ2v) is 5.49. The van der Waals surface area contributed by atoms with Crippen molar-refractivity contribution in [2.45, 2.75) is 0 Å². The zero-order valence-electron chi connectivity index (χ0n) is 13.9. The standard InChI is InChI=1S/C18H19N3O4/c1-24-18(23)14-4-2-3-5-15(14)20-17(22)16-12-13(6-7-19-16)21-8-10-25-11-9-21/h2-7,12H,8-11H2,1H3,(H,20,22). The summed E-state index contributed by atoms with van der Waals surface area (Å²) in [6.07, 6.45) is 1.60. The average Bonchev–Trinajstić information content (AvgIpc) is 2.68. The number of methoxy groups -OCH3 is 1. The number of aromatic nitrogens is 1. The third-order valence-corrected chi connectivity index (χ3v) is 3.93. The van der Waals surface area contributed by atoms with Crippen molar-refractivity contribution >= 4 is 23.3 Å². The van der Waals surface area contributed by atoms with Gasteiger partial charge < -0.3 is 19.7 Å². The molecule has 130 valence electrons. The molecule has 1 aliphatic rings. The lowest BCUT2D eigenvalue weighted by molar-refractivity contribution is 0.0602. The summed E-state index contributed by atoms with van der Waals surface area (Å²) in [6, 6.07) is 10.3. The van der Waals surface area contributed by atoms with E-state index < -0.39 is 5.97 Å². The number of rotatable bonds is 4. The van der Waals surface area contributed by atoms with E-state index >= 15 is 0 Å². The van der Waals surface area contributed by atoms with Crippen molar-refractivity contribution in [3.63, 3.8) is 0 Å². The van der Waals surface area contributed by atoms with E-state index in [0.29, 0.717) is 24.5 Å². The van der Waals surface area contributed by atoms with Crippen LogP contribution in [0.2, 0.25) is 0 Å². The van der Waals surface area contributed by atoms with Crippen LogP contribution in [0, 0.1) is 0 Å². The molecule has 7 heteroatoms. The number of nitrogens with one attached hydrogen (secondary N) is 1. The summed E-state index contributed by atoms with van der Waals surface area (Å²) in [4.78, 5) is 30.6. The number of pyridine rings is 1. The topological polar surface area (TPSA) is 80.8 Å². The zero-order valence-corrected chi connectivity index (χ0v) is 13.9. The van der Waals surface area contributed by atoms with E-state index in [9.17, 15) is 9.59 Å². The third-order valence-electron chi connectivity index (χ3n) is 3.93. The number of para-hydroxylation sites is 1. The molecule has 3 rings (SSSR count). The molecule has 0 bridgehead atoms. The predicted molar refractivity (Wildman–Crippen MR) is 93.0 cm³/mol. The number of carbonyl (C=O) groups excluding carboxylic acids is 2. The van der Waals surface area contributed by atoms with Gasteiger partial charge in [0.25, 0.3) is 5.91 Å². The second kappa shape index (κ2) is 7.76. The van der Waals surface area contributed by atoms with Crippen molar-refractivity contribution in [2.75, 3.05) is 43.6 Å². The van der Waals surface area contributed by atoms with Crippen molar-refractivity contribution in [3.05, 3.63) is 53.9 Å². The van der Waals surface area contributed by atoms with Gasteiger partial charge in [-0.25, -0.2) is 4.79 Å². The van der Waals surface area contributed by atoms with Gasteiger partial charge in [0, 0.05) is 25.0 Å². The summed E-state index contributed by atoms with van der Waals surface area (Å²) in [5, 5.41) is 2.73. The largest absolute Gasteiger partial charge is 0.465 e. The lowest BCUT2D eigenvalue weighted by Crippen LogP contribution is -2.36. The number of benzene rings is 1. The van der Waals surface area contributed by atoms with Crippen molar-refractivity contribution in [1.82, 2.24) is 4.98 Å². The monoisotopic (exact) mass is 341 g/mol. The number of hydrogen-bond donors (Lipinski definition) is 1. The van der Waals surface area contributed by atoms with Gasteiger partial charge in [-0.05, 0) is 24.3 Å². The van der Waals surface area contributed by atoms with Crippen LogP contribution < -0.4 is 10.2 Å². The first-order chi connectivity index (χ1) is 12.2. The van der Waals surface area contributed by atoms with E-state index in [0.717, 1.165) is 18.8 Å². The van der Waals surface area contributed by atoms with Crippen LogP contribution in [0.1, 0.15) is 20.8 Å². The summed E-state index contributed by atoms with van der Waals surface area (Å²) in [7, 11) is 1.30. The van der Waals surface area contributed by atoms with Crippen LogP contribution in [0.25, 0.3) is 0 Å². The lowest BCUT2D eigenvalue weighted by Gasteiger charge is -2.28. The van der Waals surface area contributed by atoms with Gasteiger partial charge in [0.05, 0.1) is 31.6 Å². The minimum absolute atomic E-state index is 0.281. The highest BCUT2D eigenvalue weighted by atomic mass is 16.5. The molecule has 1 N–H and O–H groups in total. The predicted octanol–water partition coefficient (Wildman–Crippen LogP) is 1.96.